The number of rotatable bonds is 3. The van der Waals surface area contributed by atoms with Crippen LogP contribution in [-0.2, 0) is 6.42 Å². The van der Waals surface area contributed by atoms with Crippen molar-refractivity contribution in [1.29, 1.82) is 0 Å². The van der Waals surface area contributed by atoms with Gasteiger partial charge in [-0.25, -0.2) is 0 Å². The molecule has 0 amide bonds. The minimum Gasteiger partial charge on any atom is -0.491 e. The van der Waals surface area contributed by atoms with E-state index in [1.807, 2.05) is 30.0 Å². The molecule has 1 unspecified atom stereocenters. The summed E-state index contributed by atoms with van der Waals surface area (Å²) in [6.07, 6.45) is 1.06. The zero-order valence-electron chi connectivity index (χ0n) is 10.1. The van der Waals surface area contributed by atoms with Gasteiger partial charge in [0.15, 0.2) is 0 Å². The van der Waals surface area contributed by atoms with Crippen molar-refractivity contribution in [2.45, 2.75) is 16.6 Å². The zero-order chi connectivity index (χ0) is 13.2. The standard InChI is InChI=1S/C15H12BrClOS/c16-11-5-6-13(17)14(8-11)18-9-12-7-10-3-1-2-4-15(10)19-12/h1-6,8,12H,7,9H2. The Morgan fingerprint density at radius 1 is 1.26 bits per heavy atom. The molecule has 2 aromatic rings. The van der Waals surface area contributed by atoms with Crippen molar-refractivity contribution < 1.29 is 4.74 Å². The molecular weight excluding hydrogens is 344 g/mol. The van der Waals surface area contributed by atoms with Crippen molar-refractivity contribution in [3.63, 3.8) is 0 Å². The second kappa shape index (κ2) is 5.78. The number of benzene rings is 2. The second-order valence-electron chi connectivity index (χ2n) is 4.44. The van der Waals surface area contributed by atoms with E-state index < -0.39 is 0 Å². The third kappa shape index (κ3) is 3.10. The molecular formula is C15H12BrClOS. The van der Waals surface area contributed by atoms with Gasteiger partial charge in [-0.3, -0.25) is 0 Å². The molecule has 19 heavy (non-hydrogen) atoms. The number of thioether (sulfide) groups is 1. The Labute approximate surface area is 130 Å². The van der Waals surface area contributed by atoms with E-state index in [0.717, 1.165) is 16.6 Å². The van der Waals surface area contributed by atoms with Crippen LogP contribution >= 0.6 is 39.3 Å². The van der Waals surface area contributed by atoms with E-state index in [9.17, 15) is 0 Å². The summed E-state index contributed by atoms with van der Waals surface area (Å²) >= 11 is 11.4. The molecule has 2 aromatic carbocycles. The molecule has 0 spiro atoms. The lowest BCUT2D eigenvalue weighted by Gasteiger charge is -2.12. The van der Waals surface area contributed by atoms with Crippen molar-refractivity contribution in [2.24, 2.45) is 0 Å². The lowest BCUT2D eigenvalue weighted by atomic mass is 10.1. The normalized spacial score (nSPS) is 17.3. The molecule has 0 N–H and O–H groups in total. The maximum absolute atomic E-state index is 6.12. The van der Waals surface area contributed by atoms with Gasteiger partial charge in [-0.2, -0.15) is 0 Å². The van der Waals surface area contributed by atoms with Gasteiger partial charge in [0.05, 0.1) is 5.02 Å². The lowest BCUT2D eigenvalue weighted by molar-refractivity contribution is 0.317. The van der Waals surface area contributed by atoms with Crippen LogP contribution in [0.3, 0.4) is 0 Å². The second-order valence-corrected chi connectivity index (χ2v) is 7.10. The highest BCUT2D eigenvalue weighted by molar-refractivity contribution is 9.10. The van der Waals surface area contributed by atoms with Crippen molar-refractivity contribution >= 4 is 39.3 Å². The number of fused-ring (bicyclic) bond motifs is 1. The zero-order valence-corrected chi connectivity index (χ0v) is 13.3. The number of halogens is 2. The van der Waals surface area contributed by atoms with Gasteiger partial charge in [-0.15, -0.1) is 11.8 Å². The molecule has 1 aliphatic heterocycles. The van der Waals surface area contributed by atoms with Crippen LogP contribution in [0, 0.1) is 0 Å². The Hall–Kier alpha value is -0.640. The van der Waals surface area contributed by atoms with Gasteiger partial charge < -0.3 is 4.74 Å². The summed E-state index contributed by atoms with van der Waals surface area (Å²) in [4.78, 5) is 1.37. The van der Waals surface area contributed by atoms with Crippen molar-refractivity contribution in [3.8, 4) is 5.75 Å². The van der Waals surface area contributed by atoms with Gasteiger partial charge in [-0.1, -0.05) is 45.7 Å². The lowest BCUT2D eigenvalue weighted by Crippen LogP contribution is -2.13. The minimum absolute atomic E-state index is 0.465. The summed E-state index contributed by atoms with van der Waals surface area (Å²) in [5.41, 5.74) is 1.42. The first-order chi connectivity index (χ1) is 9.22. The van der Waals surface area contributed by atoms with Crippen molar-refractivity contribution in [3.05, 3.63) is 57.5 Å². The molecule has 1 nitrogen and oxygen atoms in total. The Bertz CT molecular complexity index is 577. The topological polar surface area (TPSA) is 9.23 Å². The summed E-state index contributed by atoms with van der Waals surface area (Å²) in [7, 11) is 0. The van der Waals surface area contributed by atoms with Crippen LogP contribution in [0.4, 0.5) is 0 Å². The fourth-order valence-electron chi connectivity index (χ4n) is 2.12. The highest BCUT2D eigenvalue weighted by Gasteiger charge is 2.22. The Balaban J connectivity index is 1.64. The van der Waals surface area contributed by atoms with Gasteiger partial charge in [0.25, 0.3) is 0 Å². The third-order valence-electron chi connectivity index (χ3n) is 3.03. The van der Waals surface area contributed by atoms with Gasteiger partial charge in [0.1, 0.15) is 12.4 Å². The van der Waals surface area contributed by atoms with E-state index in [4.69, 9.17) is 16.3 Å². The molecule has 4 heteroatoms. The van der Waals surface area contributed by atoms with Crippen LogP contribution in [-0.4, -0.2) is 11.9 Å². The highest BCUT2D eigenvalue weighted by atomic mass is 79.9. The van der Waals surface area contributed by atoms with Crippen molar-refractivity contribution in [1.82, 2.24) is 0 Å². The van der Waals surface area contributed by atoms with Gasteiger partial charge in [-0.05, 0) is 36.2 Å². The van der Waals surface area contributed by atoms with E-state index in [0.29, 0.717) is 16.9 Å². The van der Waals surface area contributed by atoms with E-state index in [1.165, 1.54) is 10.5 Å². The summed E-state index contributed by atoms with van der Waals surface area (Å²) in [5.74, 6) is 0.743. The molecule has 1 aliphatic rings. The quantitative estimate of drug-likeness (QED) is 0.748. The molecule has 1 heterocycles. The molecule has 0 aromatic heterocycles. The fourth-order valence-corrected chi connectivity index (χ4v) is 3.85. The average Bonchev–Trinajstić information content (AvgIpc) is 2.82. The van der Waals surface area contributed by atoms with Crippen LogP contribution in [0.1, 0.15) is 5.56 Å². The molecule has 0 radical (unpaired) electrons. The number of hydrogen-bond donors (Lipinski definition) is 0. The van der Waals surface area contributed by atoms with Crippen LogP contribution in [0.15, 0.2) is 51.8 Å². The van der Waals surface area contributed by atoms with E-state index in [2.05, 4.69) is 40.2 Å². The summed E-state index contributed by atoms with van der Waals surface area (Å²) < 4.78 is 6.83. The molecule has 0 saturated carbocycles. The summed E-state index contributed by atoms with van der Waals surface area (Å²) in [6, 6.07) is 14.2. The van der Waals surface area contributed by atoms with Crippen LogP contribution in [0.25, 0.3) is 0 Å². The Kier molecular flexibility index (Phi) is 4.06. The minimum atomic E-state index is 0.465. The van der Waals surface area contributed by atoms with E-state index in [-0.39, 0.29) is 0 Å². The predicted octanol–water partition coefficient (Wildman–Crippen LogP) is 5.20. The molecule has 98 valence electrons. The summed E-state index contributed by atoms with van der Waals surface area (Å²) in [6.45, 7) is 0.676. The molecule has 3 rings (SSSR count). The van der Waals surface area contributed by atoms with Gasteiger partial charge in [0.2, 0.25) is 0 Å². The van der Waals surface area contributed by atoms with Crippen molar-refractivity contribution in [2.75, 3.05) is 6.61 Å². The number of hydrogen-bond acceptors (Lipinski definition) is 2. The largest absolute Gasteiger partial charge is 0.491 e. The van der Waals surface area contributed by atoms with E-state index >= 15 is 0 Å². The smallest absolute Gasteiger partial charge is 0.139 e. The van der Waals surface area contributed by atoms with Gasteiger partial charge >= 0.3 is 0 Å². The van der Waals surface area contributed by atoms with Gasteiger partial charge in [0, 0.05) is 14.6 Å². The monoisotopic (exact) mass is 354 g/mol. The Morgan fingerprint density at radius 2 is 2.11 bits per heavy atom. The molecule has 0 saturated heterocycles. The molecule has 0 aliphatic carbocycles. The van der Waals surface area contributed by atoms with Crippen LogP contribution in [0.5, 0.6) is 5.75 Å². The SMILES string of the molecule is Clc1ccc(Br)cc1OCC1Cc2ccccc2S1. The first kappa shape index (κ1) is 13.3. The Morgan fingerprint density at radius 3 is 2.95 bits per heavy atom. The predicted molar refractivity (Wildman–Crippen MR) is 84.4 cm³/mol. The first-order valence-electron chi connectivity index (χ1n) is 6.05. The molecule has 0 bridgehead atoms. The first-order valence-corrected chi connectivity index (χ1v) is 8.10. The van der Waals surface area contributed by atoms with Crippen LogP contribution < -0.4 is 4.74 Å². The number of ether oxygens (including phenoxy) is 1. The van der Waals surface area contributed by atoms with Crippen LogP contribution in [0.2, 0.25) is 5.02 Å². The molecule has 1 atom stereocenters. The molecule has 0 fully saturated rings. The third-order valence-corrected chi connectivity index (χ3v) is 5.13. The average molecular weight is 356 g/mol. The maximum Gasteiger partial charge on any atom is 0.139 e. The maximum atomic E-state index is 6.12. The fraction of sp³-hybridized carbons (Fsp3) is 0.200. The highest BCUT2D eigenvalue weighted by Crippen LogP contribution is 2.37. The summed E-state index contributed by atoms with van der Waals surface area (Å²) in [5, 5.41) is 1.12. The van der Waals surface area contributed by atoms with E-state index in [1.54, 1.807) is 0 Å².